The Kier molecular flexibility index (Phi) is 2.69. The first-order chi connectivity index (χ1) is 8.38. The summed E-state index contributed by atoms with van der Waals surface area (Å²) in [6.45, 7) is 1.77. The smallest absolute Gasteiger partial charge is 0.113 e. The molecule has 88 valence electrons. The average Bonchev–Trinajstić information content (AvgIpc) is 2.83. The Hall–Kier alpha value is -1.61. The molecule has 1 aromatic heterocycles. The van der Waals surface area contributed by atoms with Crippen molar-refractivity contribution >= 4 is 0 Å². The van der Waals surface area contributed by atoms with Crippen LogP contribution in [-0.4, -0.2) is 16.1 Å². The van der Waals surface area contributed by atoms with Crippen molar-refractivity contribution in [1.82, 2.24) is 9.55 Å². The molecule has 0 unspecified atom stereocenters. The summed E-state index contributed by atoms with van der Waals surface area (Å²) in [6, 6.07) is 10.3. The van der Waals surface area contributed by atoms with Gasteiger partial charge in [0.1, 0.15) is 5.82 Å². The van der Waals surface area contributed by atoms with E-state index in [-0.39, 0.29) is 0 Å². The van der Waals surface area contributed by atoms with Gasteiger partial charge in [-0.2, -0.15) is 0 Å². The Morgan fingerprint density at radius 2 is 2.12 bits per heavy atom. The molecule has 2 N–H and O–H groups in total. The van der Waals surface area contributed by atoms with E-state index >= 15 is 0 Å². The number of nitrogens with two attached hydrogens (primary N) is 1. The van der Waals surface area contributed by atoms with Crippen LogP contribution in [0.3, 0.4) is 0 Å². The molecule has 3 heteroatoms. The van der Waals surface area contributed by atoms with Gasteiger partial charge in [0.25, 0.3) is 0 Å². The highest BCUT2D eigenvalue weighted by Crippen LogP contribution is 2.28. The molecule has 2 aromatic rings. The van der Waals surface area contributed by atoms with Crippen LogP contribution in [0.1, 0.15) is 24.6 Å². The standard InChI is InChI=1S/C14H17N3/c15-9-12-7-4-8-17-10-13(16-14(12)17)11-5-2-1-3-6-11/h1-3,5-6,10,12H,4,7-9,15H2/t12-/m1/s1. The number of benzene rings is 1. The predicted molar refractivity (Wildman–Crippen MR) is 68.7 cm³/mol. The average molecular weight is 227 g/mol. The molecule has 1 aliphatic heterocycles. The van der Waals surface area contributed by atoms with Gasteiger partial charge in [-0.1, -0.05) is 30.3 Å². The van der Waals surface area contributed by atoms with Crippen LogP contribution < -0.4 is 5.73 Å². The summed E-state index contributed by atoms with van der Waals surface area (Å²) in [4.78, 5) is 4.76. The van der Waals surface area contributed by atoms with E-state index in [0.29, 0.717) is 12.5 Å². The van der Waals surface area contributed by atoms with E-state index in [1.807, 2.05) is 18.2 Å². The lowest BCUT2D eigenvalue weighted by atomic mass is 9.99. The van der Waals surface area contributed by atoms with E-state index in [1.54, 1.807) is 0 Å². The molecule has 3 rings (SSSR count). The van der Waals surface area contributed by atoms with Gasteiger partial charge in [0.05, 0.1) is 5.69 Å². The van der Waals surface area contributed by atoms with Gasteiger partial charge in [-0.3, -0.25) is 0 Å². The normalized spacial score (nSPS) is 19.0. The Labute approximate surface area is 101 Å². The van der Waals surface area contributed by atoms with Crippen molar-refractivity contribution in [2.24, 2.45) is 5.73 Å². The first kappa shape index (κ1) is 10.5. The molecule has 3 nitrogen and oxygen atoms in total. The summed E-state index contributed by atoms with van der Waals surface area (Å²) in [5.41, 5.74) is 8.07. The van der Waals surface area contributed by atoms with Crippen LogP contribution in [-0.2, 0) is 6.54 Å². The molecular formula is C14H17N3. The van der Waals surface area contributed by atoms with Crippen LogP contribution in [0.15, 0.2) is 36.5 Å². The highest BCUT2D eigenvalue weighted by Gasteiger charge is 2.21. The van der Waals surface area contributed by atoms with Gasteiger partial charge < -0.3 is 10.3 Å². The van der Waals surface area contributed by atoms with Crippen molar-refractivity contribution in [2.75, 3.05) is 6.54 Å². The number of hydrogen-bond donors (Lipinski definition) is 1. The maximum atomic E-state index is 5.81. The summed E-state index contributed by atoms with van der Waals surface area (Å²) in [6.07, 6.45) is 4.54. The minimum absolute atomic E-state index is 0.432. The zero-order valence-electron chi connectivity index (χ0n) is 9.84. The minimum atomic E-state index is 0.432. The lowest BCUT2D eigenvalue weighted by Gasteiger charge is -2.21. The van der Waals surface area contributed by atoms with Crippen molar-refractivity contribution in [3.8, 4) is 11.3 Å². The summed E-state index contributed by atoms with van der Waals surface area (Å²) in [5, 5.41) is 0. The lowest BCUT2D eigenvalue weighted by Crippen LogP contribution is -2.21. The second kappa shape index (κ2) is 4.34. The summed E-state index contributed by atoms with van der Waals surface area (Å²) >= 11 is 0. The fraction of sp³-hybridized carbons (Fsp3) is 0.357. The van der Waals surface area contributed by atoms with Gasteiger partial charge in [0.15, 0.2) is 0 Å². The van der Waals surface area contributed by atoms with Gasteiger partial charge in [0, 0.05) is 30.8 Å². The number of aryl methyl sites for hydroxylation is 1. The third kappa shape index (κ3) is 1.87. The molecule has 0 fully saturated rings. The number of fused-ring (bicyclic) bond motifs is 1. The molecule has 0 saturated heterocycles. The Morgan fingerprint density at radius 1 is 1.29 bits per heavy atom. The Morgan fingerprint density at radius 3 is 2.88 bits per heavy atom. The number of hydrogen-bond acceptors (Lipinski definition) is 2. The van der Waals surface area contributed by atoms with Crippen LogP contribution in [0.5, 0.6) is 0 Å². The van der Waals surface area contributed by atoms with Crippen molar-refractivity contribution < 1.29 is 0 Å². The van der Waals surface area contributed by atoms with E-state index in [1.165, 1.54) is 18.4 Å². The molecule has 0 saturated carbocycles. The predicted octanol–water partition coefficient (Wildman–Crippen LogP) is 2.39. The second-order valence-electron chi connectivity index (χ2n) is 4.62. The molecule has 1 aliphatic rings. The maximum absolute atomic E-state index is 5.81. The van der Waals surface area contributed by atoms with Crippen LogP contribution in [0, 0.1) is 0 Å². The molecule has 0 spiro atoms. The highest BCUT2D eigenvalue weighted by atomic mass is 15.1. The molecular weight excluding hydrogens is 210 g/mol. The first-order valence-corrected chi connectivity index (χ1v) is 6.21. The molecule has 2 heterocycles. The number of rotatable bonds is 2. The number of imidazole rings is 1. The maximum Gasteiger partial charge on any atom is 0.113 e. The van der Waals surface area contributed by atoms with Crippen molar-refractivity contribution in [3.63, 3.8) is 0 Å². The number of nitrogens with zero attached hydrogens (tertiary/aromatic N) is 2. The van der Waals surface area contributed by atoms with Crippen LogP contribution in [0.4, 0.5) is 0 Å². The zero-order chi connectivity index (χ0) is 11.7. The topological polar surface area (TPSA) is 43.8 Å². The fourth-order valence-corrected chi connectivity index (χ4v) is 2.54. The Balaban J connectivity index is 2.02. The number of aromatic nitrogens is 2. The summed E-state index contributed by atoms with van der Waals surface area (Å²) in [7, 11) is 0. The summed E-state index contributed by atoms with van der Waals surface area (Å²) in [5.74, 6) is 1.60. The van der Waals surface area contributed by atoms with Gasteiger partial charge in [-0.15, -0.1) is 0 Å². The van der Waals surface area contributed by atoms with Crippen LogP contribution >= 0.6 is 0 Å². The minimum Gasteiger partial charge on any atom is -0.334 e. The quantitative estimate of drug-likeness (QED) is 0.856. The van der Waals surface area contributed by atoms with Gasteiger partial charge >= 0.3 is 0 Å². The molecule has 17 heavy (non-hydrogen) atoms. The first-order valence-electron chi connectivity index (χ1n) is 6.21. The molecule has 0 bridgehead atoms. The monoisotopic (exact) mass is 227 g/mol. The van der Waals surface area contributed by atoms with Gasteiger partial charge in [-0.05, 0) is 12.8 Å². The molecule has 1 aromatic carbocycles. The van der Waals surface area contributed by atoms with Crippen molar-refractivity contribution in [2.45, 2.75) is 25.3 Å². The second-order valence-corrected chi connectivity index (χ2v) is 4.62. The largest absolute Gasteiger partial charge is 0.334 e. The molecule has 0 radical (unpaired) electrons. The Bertz CT molecular complexity index is 501. The van der Waals surface area contributed by atoms with E-state index in [2.05, 4.69) is 22.9 Å². The van der Waals surface area contributed by atoms with E-state index in [9.17, 15) is 0 Å². The lowest BCUT2D eigenvalue weighted by molar-refractivity contribution is 0.448. The third-order valence-corrected chi connectivity index (χ3v) is 3.48. The SMILES string of the molecule is NC[C@H]1CCCn2cc(-c3ccccc3)nc21. The zero-order valence-corrected chi connectivity index (χ0v) is 9.84. The summed E-state index contributed by atoms with van der Waals surface area (Å²) < 4.78 is 2.27. The van der Waals surface area contributed by atoms with Gasteiger partial charge in [-0.25, -0.2) is 4.98 Å². The van der Waals surface area contributed by atoms with E-state index in [4.69, 9.17) is 10.7 Å². The third-order valence-electron chi connectivity index (χ3n) is 3.48. The highest BCUT2D eigenvalue weighted by molar-refractivity contribution is 5.58. The van der Waals surface area contributed by atoms with Gasteiger partial charge in [0.2, 0.25) is 0 Å². The van der Waals surface area contributed by atoms with Crippen LogP contribution in [0.25, 0.3) is 11.3 Å². The fourth-order valence-electron chi connectivity index (χ4n) is 2.54. The van der Waals surface area contributed by atoms with Crippen molar-refractivity contribution in [1.29, 1.82) is 0 Å². The molecule has 1 atom stereocenters. The molecule has 0 aliphatic carbocycles. The van der Waals surface area contributed by atoms with E-state index in [0.717, 1.165) is 18.1 Å². The van der Waals surface area contributed by atoms with E-state index < -0.39 is 0 Å². The van der Waals surface area contributed by atoms with Crippen molar-refractivity contribution in [3.05, 3.63) is 42.4 Å². The van der Waals surface area contributed by atoms with Crippen LogP contribution in [0.2, 0.25) is 0 Å². The molecule has 0 amide bonds.